The second-order valence-electron chi connectivity index (χ2n) is 9.46. The number of carbonyl (C=O) groups is 1. The fourth-order valence-electron chi connectivity index (χ4n) is 4.62. The van der Waals surface area contributed by atoms with E-state index in [1.54, 1.807) is 0 Å². The van der Waals surface area contributed by atoms with Crippen LogP contribution in [0.2, 0.25) is 0 Å². The van der Waals surface area contributed by atoms with Crippen molar-refractivity contribution in [2.75, 3.05) is 5.88 Å². The molecule has 0 fully saturated rings. The van der Waals surface area contributed by atoms with Crippen molar-refractivity contribution in [1.29, 1.82) is 0 Å². The first kappa shape index (κ1) is 29.0. The number of alkyl halides is 1. The van der Waals surface area contributed by atoms with E-state index in [1.807, 2.05) is 6.07 Å². The highest BCUT2D eigenvalue weighted by Gasteiger charge is 2.28. The minimum absolute atomic E-state index is 0.321. The lowest BCUT2D eigenvalue weighted by Gasteiger charge is -2.25. The summed E-state index contributed by atoms with van der Waals surface area (Å²) in [4.78, 5) is 11.8. The lowest BCUT2D eigenvalue weighted by Crippen LogP contribution is -2.30. The van der Waals surface area contributed by atoms with Gasteiger partial charge in [-0.2, -0.15) is 0 Å². The van der Waals surface area contributed by atoms with Gasteiger partial charge in [-0.1, -0.05) is 114 Å². The van der Waals surface area contributed by atoms with Crippen molar-refractivity contribution in [3.8, 4) is 0 Å². The number of hydrogen-bond donors (Lipinski definition) is 2. The number of halogens is 1. The molecule has 0 unspecified atom stereocenters. The van der Waals surface area contributed by atoms with Gasteiger partial charge in [0.1, 0.15) is 0 Å². The zero-order chi connectivity index (χ0) is 23.4. The summed E-state index contributed by atoms with van der Waals surface area (Å²) in [5.41, 5.74) is 1.27. The van der Waals surface area contributed by atoms with Gasteiger partial charge in [0.05, 0.1) is 12.0 Å². The van der Waals surface area contributed by atoms with Crippen LogP contribution in [0.25, 0.3) is 0 Å². The molecule has 0 saturated heterocycles. The monoisotopic (exact) mass is 466 g/mol. The fourth-order valence-corrected chi connectivity index (χ4v) is 4.81. The van der Waals surface area contributed by atoms with E-state index in [4.69, 9.17) is 11.6 Å². The first-order valence-corrected chi connectivity index (χ1v) is 13.6. The molecule has 0 spiro atoms. The summed E-state index contributed by atoms with van der Waals surface area (Å²) < 4.78 is 0. The maximum atomic E-state index is 11.8. The third kappa shape index (κ3) is 14.2. The molecule has 0 amide bonds. The lowest BCUT2D eigenvalue weighted by atomic mass is 9.84. The summed E-state index contributed by atoms with van der Waals surface area (Å²) in [6, 6.07) is 10.4. The molecule has 0 aliphatic heterocycles. The quantitative estimate of drug-likeness (QED) is 0.142. The molecule has 1 rings (SSSR count). The van der Waals surface area contributed by atoms with Gasteiger partial charge in [0, 0.05) is 5.88 Å². The average molecular weight is 467 g/mol. The van der Waals surface area contributed by atoms with E-state index >= 15 is 0 Å². The Hall–Kier alpha value is -1.06. The number of carboxylic acid groups (broad SMARTS) is 1. The van der Waals surface area contributed by atoms with Crippen molar-refractivity contribution in [1.82, 2.24) is 0 Å². The maximum Gasteiger partial charge on any atom is 0.309 e. The number of aliphatic hydroxyl groups is 1. The van der Waals surface area contributed by atoms with Gasteiger partial charge in [-0.15, -0.1) is 11.6 Å². The third-order valence-electron chi connectivity index (χ3n) is 6.59. The summed E-state index contributed by atoms with van der Waals surface area (Å²) in [6.45, 7) is 2.25. The highest BCUT2D eigenvalue weighted by atomic mass is 35.5. The SMILES string of the molecule is CCCCCCCCCCC[C@H](Cc1ccccc1)C[C@H](O)[C@H](CCCCCCl)C(=O)O. The number of aliphatic carboxylic acids is 1. The number of unbranched alkanes of at least 4 members (excludes halogenated alkanes) is 10. The van der Waals surface area contributed by atoms with Crippen LogP contribution < -0.4 is 0 Å². The second-order valence-corrected chi connectivity index (χ2v) is 9.84. The van der Waals surface area contributed by atoms with Crippen LogP contribution >= 0.6 is 11.6 Å². The Balaban J connectivity index is 2.50. The van der Waals surface area contributed by atoms with E-state index in [-0.39, 0.29) is 0 Å². The van der Waals surface area contributed by atoms with Gasteiger partial charge in [0.2, 0.25) is 0 Å². The molecular formula is C28H47ClO3. The Morgan fingerprint density at radius 2 is 1.41 bits per heavy atom. The van der Waals surface area contributed by atoms with Crippen molar-refractivity contribution in [3.05, 3.63) is 35.9 Å². The molecule has 0 aliphatic rings. The van der Waals surface area contributed by atoms with Crippen LogP contribution in [-0.4, -0.2) is 28.2 Å². The number of rotatable bonds is 21. The van der Waals surface area contributed by atoms with Crippen molar-refractivity contribution in [3.63, 3.8) is 0 Å². The Morgan fingerprint density at radius 3 is 2.00 bits per heavy atom. The van der Waals surface area contributed by atoms with E-state index in [1.165, 1.54) is 56.9 Å². The number of hydrogen-bond acceptors (Lipinski definition) is 2. The third-order valence-corrected chi connectivity index (χ3v) is 6.86. The first-order valence-electron chi connectivity index (χ1n) is 13.1. The lowest BCUT2D eigenvalue weighted by molar-refractivity contribution is -0.146. The molecule has 0 aromatic heterocycles. The molecule has 32 heavy (non-hydrogen) atoms. The van der Waals surface area contributed by atoms with Crippen molar-refractivity contribution in [2.24, 2.45) is 11.8 Å². The van der Waals surface area contributed by atoms with E-state index in [9.17, 15) is 15.0 Å². The van der Waals surface area contributed by atoms with Crippen LogP contribution in [0.3, 0.4) is 0 Å². The molecule has 0 heterocycles. The molecule has 0 bridgehead atoms. The normalized spacial score (nSPS) is 14.2. The first-order chi connectivity index (χ1) is 15.6. The van der Waals surface area contributed by atoms with Gasteiger partial charge >= 0.3 is 5.97 Å². The van der Waals surface area contributed by atoms with Crippen molar-refractivity contribution in [2.45, 2.75) is 116 Å². The zero-order valence-corrected chi connectivity index (χ0v) is 21.1. The highest BCUT2D eigenvalue weighted by Crippen LogP contribution is 2.26. The second kappa shape index (κ2) is 19.4. The summed E-state index contributed by atoms with van der Waals surface area (Å²) in [5.74, 6) is -0.615. The summed E-state index contributed by atoms with van der Waals surface area (Å²) in [6.07, 6.45) is 16.6. The number of aliphatic hydroxyl groups excluding tert-OH is 1. The summed E-state index contributed by atoms with van der Waals surface area (Å²) in [5, 5.41) is 20.5. The molecule has 1 aromatic rings. The van der Waals surface area contributed by atoms with Gasteiger partial charge in [0.15, 0.2) is 0 Å². The van der Waals surface area contributed by atoms with E-state index < -0.39 is 18.0 Å². The standard InChI is InChI=1S/C28H47ClO3/c1-2-3-4-5-6-7-8-9-12-19-25(22-24-17-13-10-14-18-24)23-27(30)26(28(31)32)20-15-11-16-21-29/h10,13-14,17-18,25-27,30H,2-9,11-12,15-16,19-23H2,1H3,(H,31,32)/t25-,26+,27+/m1/s1. The van der Waals surface area contributed by atoms with Gasteiger partial charge in [-0.05, 0) is 37.2 Å². The van der Waals surface area contributed by atoms with Crippen molar-refractivity contribution >= 4 is 17.6 Å². The molecule has 0 saturated carbocycles. The molecule has 0 radical (unpaired) electrons. The van der Waals surface area contributed by atoms with Crippen LogP contribution in [0.1, 0.15) is 109 Å². The molecule has 3 nitrogen and oxygen atoms in total. The Morgan fingerprint density at radius 1 is 0.844 bits per heavy atom. The number of carboxylic acids is 1. The summed E-state index contributed by atoms with van der Waals surface area (Å²) >= 11 is 5.73. The topological polar surface area (TPSA) is 57.5 Å². The fraction of sp³-hybridized carbons (Fsp3) is 0.750. The average Bonchev–Trinajstić information content (AvgIpc) is 2.78. The zero-order valence-electron chi connectivity index (χ0n) is 20.3. The predicted molar refractivity (Wildman–Crippen MR) is 136 cm³/mol. The Labute approximate surface area is 202 Å². The van der Waals surface area contributed by atoms with Crippen LogP contribution in [0.4, 0.5) is 0 Å². The smallest absolute Gasteiger partial charge is 0.309 e. The minimum atomic E-state index is -0.870. The number of benzene rings is 1. The van der Waals surface area contributed by atoms with Crippen LogP contribution in [-0.2, 0) is 11.2 Å². The van der Waals surface area contributed by atoms with E-state index in [0.29, 0.717) is 24.6 Å². The molecular weight excluding hydrogens is 420 g/mol. The van der Waals surface area contributed by atoms with Gasteiger partial charge < -0.3 is 10.2 Å². The molecule has 4 heteroatoms. The Bertz CT molecular complexity index is 563. The van der Waals surface area contributed by atoms with E-state index in [0.717, 1.165) is 38.5 Å². The van der Waals surface area contributed by atoms with E-state index in [2.05, 4.69) is 31.2 Å². The molecule has 3 atom stereocenters. The summed E-state index contributed by atoms with van der Waals surface area (Å²) in [7, 11) is 0. The highest BCUT2D eigenvalue weighted by molar-refractivity contribution is 6.17. The van der Waals surface area contributed by atoms with Crippen LogP contribution in [0.5, 0.6) is 0 Å². The van der Waals surface area contributed by atoms with Gasteiger partial charge in [0.25, 0.3) is 0 Å². The van der Waals surface area contributed by atoms with Crippen molar-refractivity contribution < 1.29 is 15.0 Å². The molecule has 0 aliphatic carbocycles. The molecule has 1 aromatic carbocycles. The largest absolute Gasteiger partial charge is 0.481 e. The predicted octanol–water partition coefficient (Wildman–Crippen LogP) is 8.02. The molecule has 184 valence electrons. The van der Waals surface area contributed by atoms with Gasteiger partial charge in [-0.3, -0.25) is 4.79 Å². The Kier molecular flexibility index (Phi) is 17.6. The van der Waals surface area contributed by atoms with Crippen LogP contribution in [0.15, 0.2) is 30.3 Å². The molecule has 2 N–H and O–H groups in total. The van der Waals surface area contributed by atoms with Crippen LogP contribution in [0, 0.1) is 11.8 Å². The minimum Gasteiger partial charge on any atom is -0.481 e. The maximum absolute atomic E-state index is 11.8. The van der Waals surface area contributed by atoms with Gasteiger partial charge in [-0.25, -0.2) is 0 Å².